The predicted molar refractivity (Wildman–Crippen MR) is 87.5 cm³/mol. The Morgan fingerprint density at radius 1 is 0.773 bits per heavy atom. The number of hydrogen-bond acceptors (Lipinski definition) is 3. The molecule has 1 N–H and O–H groups in total. The van der Waals surface area contributed by atoms with Crippen molar-refractivity contribution in [3.63, 3.8) is 0 Å². The van der Waals surface area contributed by atoms with E-state index in [0.717, 1.165) is 38.5 Å². The Balaban J connectivity index is 2.10. The second kappa shape index (κ2) is 5.97. The number of benzene rings is 1. The second-order valence-electron chi connectivity index (χ2n) is 6.96. The molecule has 2 aliphatic carbocycles. The topological polar surface area (TPSA) is 54.4 Å². The zero-order valence-electron chi connectivity index (χ0n) is 13.1. The SMILES string of the molecule is O=S(=O)(c1ccccc1)C1(C2(O)CCCCC2)CCCCC1. The summed E-state index contributed by atoms with van der Waals surface area (Å²) in [5.41, 5.74) is -1.06. The third kappa shape index (κ3) is 2.41. The van der Waals surface area contributed by atoms with Crippen LogP contribution in [0, 0.1) is 0 Å². The smallest absolute Gasteiger partial charge is 0.186 e. The molecule has 2 aliphatic rings. The Hall–Kier alpha value is -0.870. The molecule has 0 spiro atoms. The van der Waals surface area contributed by atoms with E-state index in [9.17, 15) is 13.5 Å². The zero-order chi connectivity index (χ0) is 15.7. The van der Waals surface area contributed by atoms with Gasteiger partial charge in [-0.05, 0) is 37.8 Å². The minimum absolute atomic E-state index is 0.371. The third-order valence-electron chi connectivity index (χ3n) is 5.76. The van der Waals surface area contributed by atoms with Crippen molar-refractivity contribution in [1.82, 2.24) is 0 Å². The van der Waals surface area contributed by atoms with Gasteiger partial charge in [-0.1, -0.05) is 56.7 Å². The molecule has 3 rings (SSSR count). The van der Waals surface area contributed by atoms with E-state index in [1.165, 1.54) is 0 Å². The standard InChI is InChI=1S/C18H26O3S/c19-17(12-6-2-7-13-17)18(14-8-3-9-15-18)22(20,21)16-10-4-1-5-11-16/h1,4-5,10-11,19H,2-3,6-9,12-15H2. The van der Waals surface area contributed by atoms with Crippen LogP contribution in [0.4, 0.5) is 0 Å². The lowest BCUT2D eigenvalue weighted by molar-refractivity contribution is -0.0470. The van der Waals surface area contributed by atoms with Gasteiger partial charge in [0, 0.05) is 0 Å². The lowest BCUT2D eigenvalue weighted by Gasteiger charge is -2.50. The fraction of sp³-hybridized carbons (Fsp3) is 0.667. The van der Waals surface area contributed by atoms with Crippen LogP contribution in [0.3, 0.4) is 0 Å². The van der Waals surface area contributed by atoms with E-state index in [1.54, 1.807) is 24.3 Å². The maximum Gasteiger partial charge on any atom is 0.186 e. The van der Waals surface area contributed by atoms with Crippen molar-refractivity contribution in [2.24, 2.45) is 0 Å². The molecular weight excluding hydrogens is 296 g/mol. The fourth-order valence-corrected chi connectivity index (χ4v) is 7.02. The summed E-state index contributed by atoms with van der Waals surface area (Å²) in [5, 5.41) is 11.4. The molecule has 0 unspecified atom stereocenters. The van der Waals surface area contributed by atoms with Crippen LogP contribution in [0.5, 0.6) is 0 Å². The molecule has 0 amide bonds. The van der Waals surface area contributed by atoms with Crippen LogP contribution in [-0.4, -0.2) is 23.9 Å². The van der Waals surface area contributed by atoms with E-state index >= 15 is 0 Å². The minimum Gasteiger partial charge on any atom is -0.388 e. The first kappa shape index (κ1) is 16.0. The average molecular weight is 322 g/mol. The van der Waals surface area contributed by atoms with Crippen molar-refractivity contribution >= 4 is 9.84 Å². The van der Waals surface area contributed by atoms with Gasteiger partial charge >= 0.3 is 0 Å². The minimum atomic E-state index is -3.53. The molecule has 0 atom stereocenters. The molecule has 0 radical (unpaired) electrons. The van der Waals surface area contributed by atoms with E-state index in [1.807, 2.05) is 6.07 Å². The molecule has 122 valence electrons. The second-order valence-corrected chi connectivity index (χ2v) is 9.22. The van der Waals surface area contributed by atoms with Crippen LogP contribution in [0.2, 0.25) is 0 Å². The monoisotopic (exact) mass is 322 g/mol. The van der Waals surface area contributed by atoms with Crippen LogP contribution in [0.25, 0.3) is 0 Å². The summed E-state index contributed by atoms with van der Waals surface area (Å²) in [6.07, 6.45) is 8.28. The third-order valence-corrected chi connectivity index (χ3v) is 8.47. The van der Waals surface area contributed by atoms with Gasteiger partial charge in [0.2, 0.25) is 0 Å². The Morgan fingerprint density at radius 2 is 1.27 bits per heavy atom. The van der Waals surface area contributed by atoms with Crippen molar-refractivity contribution in [2.45, 2.75) is 79.5 Å². The van der Waals surface area contributed by atoms with E-state index in [0.29, 0.717) is 30.6 Å². The Labute approximate surface area is 133 Å². The summed E-state index contributed by atoms with van der Waals surface area (Å²) in [5.74, 6) is 0. The highest BCUT2D eigenvalue weighted by atomic mass is 32.2. The number of aliphatic hydroxyl groups is 1. The molecule has 22 heavy (non-hydrogen) atoms. The van der Waals surface area contributed by atoms with Gasteiger partial charge in [0.1, 0.15) is 4.75 Å². The highest BCUT2D eigenvalue weighted by molar-refractivity contribution is 7.93. The van der Waals surface area contributed by atoms with Gasteiger partial charge < -0.3 is 5.11 Å². The van der Waals surface area contributed by atoms with Crippen molar-refractivity contribution in [1.29, 1.82) is 0 Å². The Bertz CT molecular complexity index is 594. The highest BCUT2D eigenvalue weighted by Crippen LogP contribution is 2.51. The average Bonchev–Trinajstić information content (AvgIpc) is 2.57. The van der Waals surface area contributed by atoms with Gasteiger partial charge in [-0.2, -0.15) is 0 Å². The van der Waals surface area contributed by atoms with E-state index < -0.39 is 20.2 Å². The molecule has 0 saturated heterocycles. The van der Waals surface area contributed by atoms with Crippen molar-refractivity contribution < 1.29 is 13.5 Å². The lowest BCUT2D eigenvalue weighted by atomic mass is 9.69. The zero-order valence-corrected chi connectivity index (χ0v) is 13.9. The predicted octanol–water partition coefficient (Wildman–Crippen LogP) is 3.86. The molecule has 0 aromatic heterocycles. The van der Waals surface area contributed by atoms with Gasteiger partial charge in [0.25, 0.3) is 0 Å². The summed E-state index contributed by atoms with van der Waals surface area (Å²) in [6.45, 7) is 0. The Kier molecular flexibility index (Phi) is 4.34. The van der Waals surface area contributed by atoms with Crippen LogP contribution in [0.1, 0.15) is 64.2 Å². The van der Waals surface area contributed by atoms with Crippen molar-refractivity contribution in [3.05, 3.63) is 30.3 Å². The van der Waals surface area contributed by atoms with Gasteiger partial charge in [0.15, 0.2) is 9.84 Å². The van der Waals surface area contributed by atoms with Gasteiger partial charge in [-0.15, -0.1) is 0 Å². The quantitative estimate of drug-likeness (QED) is 0.919. The maximum absolute atomic E-state index is 13.5. The van der Waals surface area contributed by atoms with E-state index in [-0.39, 0.29) is 0 Å². The molecule has 1 aromatic rings. The summed E-state index contributed by atoms with van der Waals surface area (Å²) >= 11 is 0. The molecule has 0 heterocycles. The fourth-order valence-electron chi connectivity index (χ4n) is 4.52. The van der Waals surface area contributed by atoms with Gasteiger partial charge in [-0.3, -0.25) is 0 Å². The van der Waals surface area contributed by atoms with Crippen molar-refractivity contribution in [3.8, 4) is 0 Å². The first-order valence-corrected chi connectivity index (χ1v) is 10.0. The van der Waals surface area contributed by atoms with E-state index in [2.05, 4.69) is 0 Å². The Morgan fingerprint density at radius 3 is 1.82 bits per heavy atom. The molecule has 3 nitrogen and oxygen atoms in total. The largest absolute Gasteiger partial charge is 0.388 e. The van der Waals surface area contributed by atoms with Crippen LogP contribution >= 0.6 is 0 Å². The number of sulfone groups is 1. The first-order valence-electron chi connectivity index (χ1n) is 8.54. The lowest BCUT2D eigenvalue weighted by Crippen LogP contribution is -2.60. The summed E-state index contributed by atoms with van der Waals surface area (Å²) in [6, 6.07) is 8.74. The highest BCUT2D eigenvalue weighted by Gasteiger charge is 2.59. The number of rotatable bonds is 3. The van der Waals surface area contributed by atoms with Crippen LogP contribution in [0.15, 0.2) is 35.2 Å². The molecule has 4 heteroatoms. The molecule has 2 saturated carbocycles. The normalized spacial score (nSPS) is 24.8. The van der Waals surface area contributed by atoms with Crippen LogP contribution in [-0.2, 0) is 9.84 Å². The first-order chi connectivity index (χ1) is 10.5. The molecule has 0 aliphatic heterocycles. The van der Waals surface area contributed by atoms with Crippen molar-refractivity contribution in [2.75, 3.05) is 0 Å². The van der Waals surface area contributed by atoms with Gasteiger partial charge in [0.05, 0.1) is 10.5 Å². The number of hydrogen-bond donors (Lipinski definition) is 1. The van der Waals surface area contributed by atoms with Gasteiger partial charge in [-0.25, -0.2) is 8.42 Å². The maximum atomic E-state index is 13.5. The molecule has 2 fully saturated rings. The molecule has 0 bridgehead atoms. The summed E-state index contributed by atoms with van der Waals surface area (Å²) in [7, 11) is -3.53. The summed E-state index contributed by atoms with van der Waals surface area (Å²) in [4.78, 5) is 0.371. The molecular formula is C18H26O3S. The molecule has 1 aromatic carbocycles. The van der Waals surface area contributed by atoms with E-state index in [4.69, 9.17) is 0 Å². The van der Waals surface area contributed by atoms with Crippen LogP contribution < -0.4 is 0 Å². The summed E-state index contributed by atoms with van der Waals surface area (Å²) < 4.78 is 25.9.